The molecule has 0 fully saturated rings. The first kappa shape index (κ1) is 22.5. The van der Waals surface area contributed by atoms with Crippen molar-refractivity contribution in [2.75, 3.05) is 25.3 Å². The van der Waals surface area contributed by atoms with E-state index in [4.69, 9.17) is 14.0 Å². The topological polar surface area (TPSA) is 47.7 Å². The minimum atomic E-state index is 0.426. The van der Waals surface area contributed by atoms with Crippen LogP contribution in [0.15, 0.2) is 47.0 Å². The number of halogens is 1. The number of hydrogen-bond donors (Lipinski definition) is 0. The van der Waals surface area contributed by atoms with Crippen LogP contribution in [0, 0.1) is 13.8 Å². The fraction of sp³-hybridized carbons (Fsp3) is 0.375. The smallest absolute Gasteiger partial charge is 0.177 e. The van der Waals surface area contributed by atoms with Crippen molar-refractivity contribution in [1.82, 2.24) is 5.16 Å². The van der Waals surface area contributed by atoms with E-state index in [9.17, 15) is 0 Å². The van der Waals surface area contributed by atoms with E-state index in [2.05, 4.69) is 68.5 Å². The summed E-state index contributed by atoms with van der Waals surface area (Å²) in [5, 5.41) is 5.08. The molecule has 1 heterocycles. The fourth-order valence-corrected chi connectivity index (χ4v) is 3.84. The summed E-state index contributed by atoms with van der Waals surface area (Å²) in [6, 6.07) is 15.0. The molecule has 2 aromatic carbocycles. The third-order valence-electron chi connectivity index (χ3n) is 5.17. The maximum Gasteiger partial charge on any atom is 0.177 e. The minimum Gasteiger partial charge on any atom is -0.377 e. The zero-order valence-corrected chi connectivity index (χ0v) is 19.7. The Morgan fingerprint density at radius 3 is 2.50 bits per heavy atom. The lowest BCUT2D eigenvalue weighted by Crippen LogP contribution is -2.26. The van der Waals surface area contributed by atoms with Gasteiger partial charge >= 0.3 is 0 Å². The van der Waals surface area contributed by atoms with Gasteiger partial charge in [0.1, 0.15) is 12.5 Å². The second-order valence-corrected chi connectivity index (χ2v) is 7.78. The van der Waals surface area contributed by atoms with Crippen molar-refractivity contribution in [2.45, 2.75) is 39.3 Å². The Labute approximate surface area is 187 Å². The number of methoxy groups -OCH3 is 1. The molecule has 30 heavy (non-hydrogen) atoms. The van der Waals surface area contributed by atoms with Gasteiger partial charge in [-0.25, -0.2) is 0 Å². The van der Waals surface area contributed by atoms with E-state index >= 15 is 0 Å². The van der Waals surface area contributed by atoms with Crippen LogP contribution in [-0.2, 0) is 28.0 Å². The van der Waals surface area contributed by atoms with Crippen LogP contribution < -0.4 is 4.90 Å². The first-order valence-electron chi connectivity index (χ1n) is 10.1. The van der Waals surface area contributed by atoms with Crippen LogP contribution in [0.1, 0.15) is 34.9 Å². The highest BCUT2D eigenvalue weighted by Crippen LogP contribution is 2.31. The Morgan fingerprint density at radius 1 is 1.07 bits per heavy atom. The van der Waals surface area contributed by atoms with E-state index in [0.29, 0.717) is 26.5 Å². The SMILES string of the molecule is CCOCc1cc(CBr)ccc1-c1ccccc1CN(COC)c1noc(C)c1C. The van der Waals surface area contributed by atoms with Crippen molar-refractivity contribution < 1.29 is 14.0 Å². The monoisotopic (exact) mass is 472 g/mol. The Hall–Kier alpha value is -2.15. The second-order valence-electron chi connectivity index (χ2n) is 7.22. The maximum absolute atomic E-state index is 5.76. The molecule has 0 saturated heterocycles. The summed E-state index contributed by atoms with van der Waals surface area (Å²) >= 11 is 3.56. The molecule has 0 radical (unpaired) electrons. The lowest BCUT2D eigenvalue weighted by Gasteiger charge is -2.24. The summed E-state index contributed by atoms with van der Waals surface area (Å²) in [6.45, 7) is 8.33. The maximum atomic E-state index is 5.76. The quantitative estimate of drug-likeness (QED) is 0.267. The van der Waals surface area contributed by atoms with Gasteiger partial charge in [0.05, 0.1) is 6.61 Å². The van der Waals surface area contributed by atoms with Gasteiger partial charge in [-0.3, -0.25) is 0 Å². The lowest BCUT2D eigenvalue weighted by atomic mass is 9.94. The minimum absolute atomic E-state index is 0.426. The molecule has 160 valence electrons. The van der Waals surface area contributed by atoms with Crippen LogP contribution in [0.3, 0.4) is 0 Å². The van der Waals surface area contributed by atoms with Gasteiger partial charge in [-0.15, -0.1) is 0 Å². The average Bonchev–Trinajstić information content (AvgIpc) is 3.10. The average molecular weight is 473 g/mol. The van der Waals surface area contributed by atoms with E-state index < -0.39 is 0 Å². The molecule has 0 bridgehead atoms. The molecule has 3 rings (SSSR count). The number of ether oxygens (including phenoxy) is 2. The molecule has 0 aliphatic carbocycles. The zero-order valence-electron chi connectivity index (χ0n) is 18.1. The number of anilines is 1. The molecule has 0 unspecified atom stereocenters. The summed E-state index contributed by atoms with van der Waals surface area (Å²) in [7, 11) is 1.69. The van der Waals surface area contributed by atoms with Crippen LogP contribution in [0.4, 0.5) is 5.82 Å². The number of alkyl halides is 1. The van der Waals surface area contributed by atoms with Gasteiger partial charge in [0.25, 0.3) is 0 Å². The molecule has 1 aromatic heterocycles. The third kappa shape index (κ3) is 5.12. The Kier molecular flexibility index (Phi) is 8.08. The molecule has 0 amide bonds. The van der Waals surface area contributed by atoms with Gasteiger partial charge in [0.15, 0.2) is 5.82 Å². The molecule has 0 aliphatic rings. The number of aromatic nitrogens is 1. The highest BCUT2D eigenvalue weighted by atomic mass is 79.9. The lowest BCUT2D eigenvalue weighted by molar-refractivity contribution is 0.134. The number of aryl methyl sites for hydroxylation is 1. The van der Waals surface area contributed by atoms with Gasteiger partial charge in [-0.1, -0.05) is 63.6 Å². The van der Waals surface area contributed by atoms with Gasteiger partial charge < -0.3 is 18.9 Å². The first-order valence-corrected chi connectivity index (χ1v) is 11.2. The van der Waals surface area contributed by atoms with E-state index in [1.807, 2.05) is 20.8 Å². The van der Waals surface area contributed by atoms with Gasteiger partial charge in [0.2, 0.25) is 0 Å². The first-order chi connectivity index (χ1) is 14.6. The Bertz CT molecular complexity index is 971. The van der Waals surface area contributed by atoms with E-state index in [1.165, 1.54) is 27.8 Å². The summed E-state index contributed by atoms with van der Waals surface area (Å²) in [5.74, 6) is 1.64. The number of benzene rings is 2. The number of rotatable bonds is 10. The Balaban J connectivity index is 2.00. The summed E-state index contributed by atoms with van der Waals surface area (Å²) < 4.78 is 16.6. The van der Waals surface area contributed by atoms with Crippen LogP contribution >= 0.6 is 15.9 Å². The van der Waals surface area contributed by atoms with Crippen LogP contribution in [0.25, 0.3) is 11.1 Å². The summed E-state index contributed by atoms with van der Waals surface area (Å²) in [6.07, 6.45) is 0. The molecule has 6 heteroatoms. The van der Waals surface area contributed by atoms with Crippen molar-refractivity contribution in [3.8, 4) is 11.1 Å². The fourth-order valence-electron chi connectivity index (χ4n) is 3.49. The van der Waals surface area contributed by atoms with Crippen molar-refractivity contribution in [3.05, 3.63) is 70.5 Å². The molecule has 5 nitrogen and oxygen atoms in total. The van der Waals surface area contributed by atoms with Crippen LogP contribution in [-0.4, -0.2) is 25.6 Å². The van der Waals surface area contributed by atoms with Crippen LogP contribution in [0.5, 0.6) is 0 Å². The predicted octanol–water partition coefficient (Wildman–Crippen LogP) is 6.00. The standard InChI is InChI=1S/C24H29BrN2O3/c1-5-29-15-21-12-19(13-25)10-11-23(21)22-9-7-6-8-20(22)14-27(16-28-4)24-17(2)18(3)30-26-24/h6-12H,5,13-16H2,1-4H3. The highest BCUT2D eigenvalue weighted by molar-refractivity contribution is 9.08. The molecular weight excluding hydrogens is 444 g/mol. The summed E-state index contributed by atoms with van der Waals surface area (Å²) in [4.78, 5) is 2.10. The van der Waals surface area contributed by atoms with Crippen molar-refractivity contribution in [1.29, 1.82) is 0 Å². The highest BCUT2D eigenvalue weighted by Gasteiger charge is 2.19. The molecule has 0 N–H and O–H groups in total. The van der Waals surface area contributed by atoms with Crippen molar-refractivity contribution >= 4 is 21.7 Å². The second kappa shape index (κ2) is 10.8. The molecule has 3 aromatic rings. The van der Waals surface area contributed by atoms with Crippen molar-refractivity contribution in [3.63, 3.8) is 0 Å². The molecule has 0 saturated carbocycles. The van der Waals surface area contributed by atoms with Gasteiger partial charge in [0, 0.05) is 31.2 Å². The molecule has 0 atom stereocenters. The zero-order chi connectivity index (χ0) is 21.5. The number of hydrogen-bond acceptors (Lipinski definition) is 5. The predicted molar refractivity (Wildman–Crippen MR) is 124 cm³/mol. The molecular formula is C24H29BrN2O3. The Morgan fingerprint density at radius 2 is 1.83 bits per heavy atom. The van der Waals surface area contributed by atoms with Gasteiger partial charge in [-0.05, 0) is 48.6 Å². The van der Waals surface area contributed by atoms with Gasteiger partial charge in [-0.2, -0.15) is 0 Å². The summed E-state index contributed by atoms with van der Waals surface area (Å²) in [5.41, 5.74) is 7.03. The normalized spacial score (nSPS) is 11.1. The van der Waals surface area contributed by atoms with Crippen molar-refractivity contribution in [2.24, 2.45) is 0 Å². The third-order valence-corrected chi connectivity index (χ3v) is 5.82. The largest absolute Gasteiger partial charge is 0.377 e. The molecule has 0 aliphatic heterocycles. The van der Waals surface area contributed by atoms with E-state index in [1.54, 1.807) is 7.11 Å². The van der Waals surface area contributed by atoms with E-state index in [-0.39, 0.29) is 0 Å². The molecule has 0 spiro atoms. The van der Waals surface area contributed by atoms with E-state index in [0.717, 1.165) is 22.5 Å². The van der Waals surface area contributed by atoms with Crippen LogP contribution in [0.2, 0.25) is 0 Å². The number of nitrogens with zero attached hydrogens (tertiary/aromatic N) is 2.